The maximum atomic E-state index is 12.9. The van der Waals surface area contributed by atoms with Crippen molar-refractivity contribution in [1.82, 2.24) is 9.62 Å². The Labute approximate surface area is 196 Å². The monoisotopic (exact) mass is 472 g/mol. The van der Waals surface area contributed by atoms with E-state index in [0.29, 0.717) is 37.2 Å². The van der Waals surface area contributed by atoms with E-state index >= 15 is 0 Å². The highest BCUT2D eigenvalue weighted by Crippen LogP contribution is 2.32. The minimum absolute atomic E-state index is 0.0354. The normalized spacial score (nSPS) is 15.8. The van der Waals surface area contributed by atoms with E-state index in [4.69, 9.17) is 9.47 Å². The lowest BCUT2D eigenvalue weighted by Gasteiger charge is -2.23. The predicted molar refractivity (Wildman–Crippen MR) is 126 cm³/mol. The van der Waals surface area contributed by atoms with Gasteiger partial charge in [0.05, 0.1) is 18.1 Å². The second-order valence-corrected chi connectivity index (χ2v) is 10.7. The molecule has 4 rings (SSSR count). The van der Waals surface area contributed by atoms with Gasteiger partial charge in [0.25, 0.3) is 0 Å². The number of hydrogen-bond acceptors (Lipinski definition) is 5. The number of rotatable bonds is 9. The number of carbonyl (C=O) groups is 1. The van der Waals surface area contributed by atoms with E-state index in [2.05, 4.69) is 42.8 Å². The Morgan fingerprint density at radius 1 is 1.06 bits per heavy atom. The molecule has 0 radical (unpaired) electrons. The molecule has 1 aliphatic carbocycles. The molecule has 1 saturated carbocycles. The molecule has 8 heteroatoms. The summed E-state index contributed by atoms with van der Waals surface area (Å²) in [7, 11) is -3.76. The summed E-state index contributed by atoms with van der Waals surface area (Å²) in [6.45, 7) is 5.93. The average Bonchev–Trinajstić information content (AvgIpc) is 3.64. The van der Waals surface area contributed by atoms with Crippen molar-refractivity contribution < 1.29 is 22.7 Å². The van der Waals surface area contributed by atoms with Crippen LogP contribution in [0.3, 0.4) is 0 Å². The minimum Gasteiger partial charge on any atom is -0.490 e. The molecule has 1 N–H and O–H groups in total. The SMILES string of the molecule is CC(C)c1ccc(CN(C(=O)CCNS(=O)(=O)c2ccc3c(c2)OCCCO3)C2CC2)cc1. The lowest BCUT2D eigenvalue weighted by Crippen LogP contribution is -2.35. The summed E-state index contributed by atoms with van der Waals surface area (Å²) in [5, 5.41) is 0. The van der Waals surface area contributed by atoms with Crippen LogP contribution in [0, 0.1) is 0 Å². The van der Waals surface area contributed by atoms with E-state index in [1.807, 2.05) is 4.90 Å². The van der Waals surface area contributed by atoms with Crippen LogP contribution in [0.1, 0.15) is 56.6 Å². The van der Waals surface area contributed by atoms with Crippen molar-refractivity contribution in [2.24, 2.45) is 0 Å². The third kappa shape index (κ3) is 6.06. The van der Waals surface area contributed by atoms with Crippen molar-refractivity contribution in [3.63, 3.8) is 0 Å². The van der Waals surface area contributed by atoms with Gasteiger partial charge in [-0.05, 0) is 42.0 Å². The Morgan fingerprint density at radius 3 is 2.42 bits per heavy atom. The summed E-state index contributed by atoms with van der Waals surface area (Å²) >= 11 is 0. The minimum atomic E-state index is -3.76. The van der Waals surface area contributed by atoms with Gasteiger partial charge in [0.1, 0.15) is 0 Å². The number of fused-ring (bicyclic) bond motifs is 1. The zero-order valence-electron chi connectivity index (χ0n) is 19.2. The number of nitrogens with zero attached hydrogens (tertiary/aromatic N) is 1. The summed E-state index contributed by atoms with van der Waals surface area (Å²) in [5.41, 5.74) is 2.36. The molecule has 0 unspecified atom stereocenters. The molecule has 1 amide bonds. The Bertz CT molecular complexity index is 1080. The van der Waals surface area contributed by atoms with Crippen LogP contribution in [0.15, 0.2) is 47.4 Å². The fourth-order valence-corrected chi connectivity index (χ4v) is 4.89. The van der Waals surface area contributed by atoms with Crippen LogP contribution in [0.2, 0.25) is 0 Å². The summed E-state index contributed by atoms with van der Waals surface area (Å²) in [6, 6.07) is 13.2. The summed E-state index contributed by atoms with van der Waals surface area (Å²) < 4.78 is 39.2. The van der Waals surface area contributed by atoms with Crippen LogP contribution < -0.4 is 14.2 Å². The first kappa shape index (κ1) is 23.6. The van der Waals surface area contributed by atoms with Crippen LogP contribution in [0.4, 0.5) is 0 Å². The van der Waals surface area contributed by atoms with Gasteiger partial charge in [-0.3, -0.25) is 4.79 Å². The van der Waals surface area contributed by atoms with Crippen LogP contribution in [-0.4, -0.2) is 45.0 Å². The number of nitrogens with one attached hydrogen (secondary N) is 1. The molecular weight excluding hydrogens is 440 g/mol. The average molecular weight is 473 g/mol. The zero-order chi connectivity index (χ0) is 23.4. The molecule has 1 fully saturated rings. The van der Waals surface area contributed by atoms with Gasteiger partial charge in [-0.1, -0.05) is 38.1 Å². The van der Waals surface area contributed by atoms with Crippen molar-refractivity contribution in [3.05, 3.63) is 53.6 Å². The molecule has 0 spiro atoms. The molecule has 7 nitrogen and oxygen atoms in total. The fourth-order valence-electron chi connectivity index (χ4n) is 3.84. The van der Waals surface area contributed by atoms with Crippen molar-refractivity contribution in [1.29, 1.82) is 0 Å². The third-order valence-electron chi connectivity index (χ3n) is 5.97. The predicted octanol–water partition coefficient (Wildman–Crippen LogP) is 3.83. The molecule has 1 aliphatic heterocycles. The van der Waals surface area contributed by atoms with Crippen LogP contribution in [-0.2, 0) is 21.4 Å². The molecule has 2 aliphatic rings. The molecule has 0 saturated heterocycles. The summed E-state index contributed by atoms with van der Waals surface area (Å²) in [6.07, 6.45) is 2.86. The van der Waals surface area contributed by atoms with Gasteiger partial charge in [0.2, 0.25) is 15.9 Å². The topological polar surface area (TPSA) is 84.9 Å². The van der Waals surface area contributed by atoms with E-state index in [0.717, 1.165) is 24.8 Å². The number of hydrogen-bond donors (Lipinski definition) is 1. The van der Waals surface area contributed by atoms with E-state index in [1.54, 1.807) is 6.07 Å². The van der Waals surface area contributed by atoms with Gasteiger partial charge in [0.15, 0.2) is 11.5 Å². The fraction of sp³-hybridized carbons (Fsp3) is 0.480. The van der Waals surface area contributed by atoms with E-state index < -0.39 is 10.0 Å². The van der Waals surface area contributed by atoms with Gasteiger partial charge in [-0.2, -0.15) is 0 Å². The second-order valence-electron chi connectivity index (χ2n) is 8.96. The number of ether oxygens (including phenoxy) is 2. The van der Waals surface area contributed by atoms with Crippen LogP contribution in [0.25, 0.3) is 0 Å². The van der Waals surface area contributed by atoms with E-state index in [1.165, 1.54) is 17.7 Å². The van der Waals surface area contributed by atoms with Gasteiger partial charge in [0, 0.05) is 38.0 Å². The first-order chi connectivity index (χ1) is 15.8. The third-order valence-corrected chi connectivity index (χ3v) is 7.43. The lowest BCUT2D eigenvalue weighted by molar-refractivity contribution is -0.132. The maximum absolute atomic E-state index is 12.9. The van der Waals surface area contributed by atoms with Crippen molar-refractivity contribution in [2.75, 3.05) is 19.8 Å². The summed E-state index contributed by atoms with van der Waals surface area (Å²) in [4.78, 5) is 14.9. The van der Waals surface area contributed by atoms with Gasteiger partial charge in [-0.15, -0.1) is 0 Å². The highest BCUT2D eigenvalue weighted by molar-refractivity contribution is 7.89. The Morgan fingerprint density at radius 2 is 1.76 bits per heavy atom. The maximum Gasteiger partial charge on any atom is 0.240 e. The molecule has 2 aromatic rings. The smallest absolute Gasteiger partial charge is 0.240 e. The van der Waals surface area contributed by atoms with Crippen molar-refractivity contribution in [3.8, 4) is 11.5 Å². The summed E-state index contributed by atoms with van der Waals surface area (Å²) in [5.74, 6) is 1.40. The number of benzene rings is 2. The first-order valence-electron chi connectivity index (χ1n) is 11.6. The van der Waals surface area contributed by atoms with Gasteiger partial charge >= 0.3 is 0 Å². The van der Waals surface area contributed by atoms with Gasteiger partial charge in [-0.25, -0.2) is 13.1 Å². The van der Waals surface area contributed by atoms with E-state index in [9.17, 15) is 13.2 Å². The molecule has 0 atom stereocenters. The van der Waals surface area contributed by atoms with Gasteiger partial charge < -0.3 is 14.4 Å². The quantitative estimate of drug-likeness (QED) is 0.600. The highest BCUT2D eigenvalue weighted by atomic mass is 32.2. The Kier molecular flexibility index (Phi) is 7.24. The van der Waals surface area contributed by atoms with Crippen molar-refractivity contribution >= 4 is 15.9 Å². The number of amides is 1. The molecule has 0 bridgehead atoms. The number of sulfonamides is 1. The lowest BCUT2D eigenvalue weighted by atomic mass is 10.0. The number of carbonyl (C=O) groups excluding carboxylic acids is 1. The highest BCUT2D eigenvalue weighted by Gasteiger charge is 2.32. The molecule has 178 valence electrons. The Balaban J connectivity index is 1.34. The zero-order valence-corrected chi connectivity index (χ0v) is 20.1. The molecule has 1 heterocycles. The molecule has 2 aromatic carbocycles. The largest absolute Gasteiger partial charge is 0.490 e. The second kappa shape index (κ2) is 10.1. The standard InChI is InChI=1S/C25H32N2O5S/c1-18(2)20-6-4-19(5-7-20)17-27(21-8-9-21)25(28)12-13-26-33(29,30)22-10-11-23-24(16-22)32-15-3-14-31-23/h4-7,10-11,16,18,21,26H,3,8-9,12-15,17H2,1-2H3. The first-order valence-corrected chi connectivity index (χ1v) is 13.1. The molecule has 33 heavy (non-hydrogen) atoms. The van der Waals surface area contributed by atoms with Crippen LogP contribution >= 0.6 is 0 Å². The van der Waals surface area contributed by atoms with E-state index in [-0.39, 0.29) is 29.8 Å². The van der Waals surface area contributed by atoms with Crippen LogP contribution in [0.5, 0.6) is 11.5 Å². The van der Waals surface area contributed by atoms with Crippen molar-refractivity contribution in [2.45, 2.75) is 62.9 Å². The molecular formula is C25H32N2O5S. The Hall–Kier alpha value is -2.58. The molecule has 0 aromatic heterocycles.